The van der Waals surface area contributed by atoms with Crippen LogP contribution in [0.1, 0.15) is 13.3 Å². The third-order valence-electron chi connectivity index (χ3n) is 1.29. The van der Waals surface area contributed by atoms with Crippen molar-refractivity contribution in [1.82, 2.24) is 0 Å². The van der Waals surface area contributed by atoms with Crippen molar-refractivity contribution in [3.63, 3.8) is 0 Å². The maximum absolute atomic E-state index is 10.9. The van der Waals surface area contributed by atoms with Gasteiger partial charge in [0, 0.05) is 6.92 Å². The molecule has 0 atom stereocenters. The normalized spacial score (nSPS) is 16.9. The zero-order chi connectivity index (χ0) is 8.27. The van der Waals surface area contributed by atoms with Crippen LogP contribution in [-0.4, -0.2) is 10.4 Å². The van der Waals surface area contributed by atoms with Crippen LogP contribution in [0.25, 0.3) is 0 Å². The summed E-state index contributed by atoms with van der Waals surface area (Å²) in [5.41, 5.74) is 0.530. The molecule has 0 radical (unpaired) electrons. The van der Waals surface area contributed by atoms with Gasteiger partial charge in [0.2, 0.25) is 0 Å². The van der Waals surface area contributed by atoms with E-state index in [1.54, 1.807) is 0 Å². The third-order valence-corrected chi connectivity index (χ3v) is 1.73. The van der Waals surface area contributed by atoms with Crippen LogP contribution in [0.15, 0.2) is 28.9 Å². The van der Waals surface area contributed by atoms with Gasteiger partial charge in [0.1, 0.15) is 10.3 Å². The smallest absolute Gasteiger partial charge is 0.177 e. The average molecular weight is 214 g/mol. The minimum absolute atomic E-state index is 0.00523. The first-order valence-electron chi connectivity index (χ1n) is 3.32. The lowest BCUT2D eigenvalue weighted by molar-refractivity contribution is -0.113. The Kier molecular flexibility index (Phi) is 2.76. The Morgan fingerprint density at radius 2 is 2.45 bits per heavy atom. The summed E-state index contributed by atoms with van der Waals surface area (Å²) in [4.78, 5) is 14.9. The Hall–Kier alpha value is -0.700. The van der Waals surface area contributed by atoms with Crippen molar-refractivity contribution in [1.29, 1.82) is 0 Å². The van der Waals surface area contributed by atoms with Gasteiger partial charge in [-0.1, -0.05) is 12.2 Å². The van der Waals surface area contributed by atoms with Crippen LogP contribution in [0.4, 0.5) is 0 Å². The first-order valence-corrected chi connectivity index (χ1v) is 4.11. The summed E-state index contributed by atoms with van der Waals surface area (Å²) in [5, 5.41) is 0. The highest BCUT2D eigenvalue weighted by atomic mass is 79.9. The molecule has 1 aliphatic rings. The van der Waals surface area contributed by atoms with Gasteiger partial charge in [-0.2, -0.15) is 0 Å². The highest BCUT2D eigenvalue weighted by molar-refractivity contribution is 9.18. The highest BCUT2D eigenvalue weighted by Crippen LogP contribution is 2.09. The first kappa shape index (κ1) is 8.40. The van der Waals surface area contributed by atoms with Crippen LogP contribution in [0, 0.1) is 0 Å². The summed E-state index contributed by atoms with van der Waals surface area (Å²) < 4.78 is 0.705. The topological polar surface area (TPSA) is 29.4 Å². The van der Waals surface area contributed by atoms with Crippen LogP contribution in [0.5, 0.6) is 0 Å². The molecule has 0 unspecified atom stereocenters. The second-order valence-corrected chi connectivity index (χ2v) is 3.03. The molecule has 0 amide bonds. The fourth-order valence-electron chi connectivity index (χ4n) is 0.765. The molecule has 1 heterocycles. The van der Waals surface area contributed by atoms with Crippen molar-refractivity contribution < 1.29 is 4.79 Å². The standard InChI is InChI=1S/C8H8BrNO/c1-6(11)7-4-2-3-5-8(9)10-7/h3-5H,2H2,1H3. The van der Waals surface area contributed by atoms with Crippen molar-refractivity contribution in [2.45, 2.75) is 13.3 Å². The molecule has 1 aliphatic heterocycles. The molecular weight excluding hydrogens is 206 g/mol. The largest absolute Gasteiger partial charge is 0.293 e. The second kappa shape index (κ2) is 3.62. The van der Waals surface area contributed by atoms with Gasteiger partial charge in [0.05, 0.1) is 0 Å². The quantitative estimate of drug-likeness (QED) is 0.657. The number of hydrogen-bond acceptors (Lipinski definition) is 2. The van der Waals surface area contributed by atoms with Gasteiger partial charge in [-0.25, -0.2) is 4.99 Å². The van der Waals surface area contributed by atoms with Crippen molar-refractivity contribution >= 4 is 26.3 Å². The first-order chi connectivity index (χ1) is 5.20. The second-order valence-electron chi connectivity index (χ2n) is 2.22. The van der Waals surface area contributed by atoms with Gasteiger partial charge in [-0.3, -0.25) is 4.79 Å². The molecule has 11 heavy (non-hydrogen) atoms. The summed E-state index contributed by atoms with van der Waals surface area (Å²) in [7, 11) is 0. The van der Waals surface area contributed by atoms with Gasteiger partial charge < -0.3 is 0 Å². The molecule has 0 saturated heterocycles. The summed E-state index contributed by atoms with van der Waals surface area (Å²) in [6.45, 7) is 1.51. The molecule has 0 spiro atoms. The lowest BCUT2D eigenvalue weighted by Gasteiger charge is -1.92. The third kappa shape index (κ3) is 2.42. The van der Waals surface area contributed by atoms with E-state index in [0.29, 0.717) is 10.3 Å². The number of rotatable bonds is 1. The van der Waals surface area contributed by atoms with Gasteiger partial charge >= 0.3 is 0 Å². The minimum Gasteiger partial charge on any atom is -0.293 e. The number of nitrogens with zero attached hydrogens (tertiary/aromatic N) is 1. The summed E-state index contributed by atoms with van der Waals surface area (Å²) in [6, 6.07) is 0. The van der Waals surface area contributed by atoms with E-state index in [4.69, 9.17) is 0 Å². The van der Waals surface area contributed by atoms with Crippen molar-refractivity contribution in [2.24, 2.45) is 4.99 Å². The van der Waals surface area contributed by atoms with Crippen LogP contribution in [0.2, 0.25) is 0 Å². The molecule has 0 aromatic rings. The molecule has 2 nitrogen and oxygen atoms in total. The van der Waals surface area contributed by atoms with Crippen LogP contribution < -0.4 is 0 Å². The lowest BCUT2D eigenvalue weighted by Crippen LogP contribution is -1.93. The molecule has 0 fully saturated rings. The summed E-state index contributed by atoms with van der Waals surface area (Å²) >= 11 is 3.22. The summed E-state index contributed by atoms with van der Waals surface area (Å²) in [5.74, 6) is 0.00523. The van der Waals surface area contributed by atoms with E-state index in [-0.39, 0.29) is 5.78 Å². The number of hydrogen-bond donors (Lipinski definition) is 0. The van der Waals surface area contributed by atoms with Gasteiger partial charge in [0.25, 0.3) is 0 Å². The maximum Gasteiger partial charge on any atom is 0.177 e. The molecule has 0 bridgehead atoms. The molecule has 0 aromatic heterocycles. The Labute approximate surface area is 73.8 Å². The Bertz CT molecular complexity index is 263. The predicted molar refractivity (Wildman–Crippen MR) is 48.9 cm³/mol. The number of carbonyl (C=O) groups is 1. The van der Waals surface area contributed by atoms with E-state index >= 15 is 0 Å². The van der Waals surface area contributed by atoms with Gasteiger partial charge in [-0.15, -0.1) is 0 Å². The Morgan fingerprint density at radius 3 is 3.09 bits per heavy atom. The zero-order valence-electron chi connectivity index (χ0n) is 6.17. The molecular formula is C8H8BrNO. The van der Waals surface area contributed by atoms with E-state index in [9.17, 15) is 4.79 Å². The SMILES string of the molecule is CC(=O)C1=CCC=CC(Br)=N1. The van der Waals surface area contributed by atoms with E-state index in [1.807, 2.05) is 18.2 Å². The molecule has 58 valence electrons. The van der Waals surface area contributed by atoms with E-state index in [1.165, 1.54) is 6.92 Å². The maximum atomic E-state index is 10.9. The Morgan fingerprint density at radius 1 is 1.73 bits per heavy atom. The van der Waals surface area contributed by atoms with Gasteiger partial charge in [-0.05, 0) is 28.4 Å². The fourth-order valence-corrected chi connectivity index (χ4v) is 1.14. The van der Waals surface area contributed by atoms with Crippen molar-refractivity contribution in [3.8, 4) is 0 Å². The zero-order valence-corrected chi connectivity index (χ0v) is 7.76. The fraction of sp³-hybridized carbons (Fsp3) is 0.250. The molecule has 0 saturated carbocycles. The van der Waals surface area contributed by atoms with Crippen LogP contribution in [-0.2, 0) is 4.79 Å². The number of halogens is 1. The number of carbonyl (C=O) groups excluding carboxylic acids is 1. The molecule has 1 rings (SSSR count). The predicted octanol–water partition coefficient (Wildman–Crippen LogP) is 2.21. The highest BCUT2D eigenvalue weighted by Gasteiger charge is 2.02. The van der Waals surface area contributed by atoms with Crippen LogP contribution in [0.3, 0.4) is 0 Å². The molecule has 0 N–H and O–H groups in total. The van der Waals surface area contributed by atoms with E-state index < -0.39 is 0 Å². The number of aliphatic imine (C=N–C) groups is 1. The minimum atomic E-state index is 0.00523. The Balaban J connectivity index is 2.91. The lowest BCUT2D eigenvalue weighted by atomic mass is 10.2. The molecule has 3 heteroatoms. The molecule has 0 aliphatic carbocycles. The summed E-state index contributed by atoms with van der Waals surface area (Å²) in [6.07, 6.45) is 6.37. The number of ketones is 1. The number of Topliss-reactive ketones (excluding diaryl/α,β-unsaturated/α-hetero) is 1. The number of allylic oxidation sites excluding steroid dienone is 4. The average Bonchev–Trinajstić information content (AvgIpc) is 2.13. The molecule has 0 aromatic carbocycles. The van der Waals surface area contributed by atoms with Crippen molar-refractivity contribution in [3.05, 3.63) is 23.9 Å². The van der Waals surface area contributed by atoms with Gasteiger partial charge in [0.15, 0.2) is 5.78 Å². The van der Waals surface area contributed by atoms with E-state index in [2.05, 4.69) is 20.9 Å². The monoisotopic (exact) mass is 213 g/mol. The van der Waals surface area contributed by atoms with Crippen LogP contribution >= 0.6 is 15.9 Å². The van der Waals surface area contributed by atoms with E-state index in [0.717, 1.165) is 6.42 Å². The van der Waals surface area contributed by atoms with Crippen molar-refractivity contribution in [2.75, 3.05) is 0 Å².